The van der Waals surface area contributed by atoms with Gasteiger partial charge in [-0.1, -0.05) is 27.7 Å². The molecule has 0 unspecified atom stereocenters. The fraction of sp³-hybridized carbons (Fsp3) is 0.909. The quantitative estimate of drug-likeness (QED) is 0.569. The Bertz CT molecular complexity index is 136. The number of hydrogen-bond donors (Lipinski definition) is 0. The molecule has 0 aromatic heterocycles. The molecule has 0 heterocycles. The molecule has 1 nitrogen and oxygen atoms in total. The summed E-state index contributed by atoms with van der Waals surface area (Å²) in [5.41, 5.74) is 0.374. The second-order valence-electron chi connectivity index (χ2n) is 4.77. The van der Waals surface area contributed by atoms with Gasteiger partial charge in [0, 0.05) is 6.21 Å². The molecule has 0 fully saturated rings. The van der Waals surface area contributed by atoms with Gasteiger partial charge < -0.3 is 0 Å². The molecule has 0 bridgehead atoms. The molecular weight excluding hydrogens is 146 g/mol. The van der Waals surface area contributed by atoms with Gasteiger partial charge in [0.05, 0.1) is 5.54 Å². The van der Waals surface area contributed by atoms with Crippen LogP contribution in [0.3, 0.4) is 0 Å². The molecule has 0 aliphatic carbocycles. The van der Waals surface area contributed by atoms with Crippen LogP contribution >= 0.6 is 0 Å². The second-order valence-corrected chi connectivity index (χ2v) is 4.77. The number of hydrogen-bond acceptors (Lipinski definition) is 1. The summed E-state index contributed by atoms with van der Waals surface area (Å²) in [4.78, 5) is 4.59. The minimum Gasteiger partial charge on any atom is -0.291 e. The van der Waals surface area contributed by atoms with Crippen molar-refractivity contribution in [3.05, 3.63) is 0 Å². The predicted octanol–water partition coefficient (Wildman–Crippen LogP) is 3.68. The van der Waals surface area contributed by atoms with Crippen molar-refractivity contribution in [2.24, 2.45) is 10.4 Å². The Balaban J connectivity index is 4.23. The predicted molar refractivity (Wildman–Crippen MR) is 56.9 cm³/mol. The van der Waals surface area contributed by atoms with E-state index in [4.69, 9.17) is 0 Å². The molecule has 0 aromatic rings. The Morgan fingerprint density at radius 2 is 1.50 bits per heavy atom. The summed E-state index contributed by atoms with van der Waals surface area (Å²) in [6.45, 7) is 13.2. The van der Waals surface area contributed by atoms with Crippen LogP contribution in [-0.4, -0.2) is 11.8 Å². The third-order valence-electron chi connectivity index (χ3n) is 2.54. The van der Waals surface area contributed by atoms with Crippen molar-refractivity contribution in [2.75, 3.05) is 0 Å². The first-order valence-electron chi connectivity index (χ1n) is 4.89. The molecular formula is C11H23N. The first-order valence-corrected chi connectivity index (χ1v) is 4.89. The highest BCUT2D eigenvalue weighted by Crippen LogP contribution is 2.20. The lowest BCUT2D eigenvalue weighted by atomic mass is 9.91. The Kier molecular flexibility index (Phi) is 3.95. The molecule has 0 aromatic carbocycles. The van der Waals surface area contributed by atoms with E-state index in [1.165, 1.54) is 0 Å². The maximum absolute atomic E-state index is 4.59. The van der Waals surface area contributed by atoms with Crippen LogP contribution in [0.4, 0.5) is 0 Å². The van der Waals surface area contributed by atoms with Crippen LogP contribution in [0.15, 0.2) is 4.99 Å². The van der Waals surface area contributed by atoms with Crippen molar-refractivity contribution < 1.29 is 0 Å². The molecule has 0 aliphatic heterocycles. The third-order valence-corrected chi connectivity index (χ3v) is 2.54. The van der Waals surface area contributed by atoms with Gasteiger partial charge in [-0.3, -0.25) is 4.99 Å². The summed E-state index contributed by atoms with van der Waals surface area (Å²) in [5.74, 6) is 0. The second kappa shape index (κ2) is 4.06. The van der Waals surface area contributed by atoms with Crippen molar-refractivity contribution in [3.8, 4) is 0 Å². The van der Waals surface area contributed by atoms with Gasteiger partial charge in [-0.25, -0.2) is 0 Å². The molecule has 0 amide bonds. The average Bonchev–Trinajstić information content (AvgIpc) is 2.02. The van der Waals surface area contributed by atoms with Crippen LogP contribution in [0.2, 0.25) is 0 Å². The van der Waals surface area contributed by atoms with Gasteiger partial charge in [0.2, 0.25) is 0 Å². The van der Waals surface area contributed by atoms with Crippen LogP contribution in [0, 0.1) is 5.41 Å². The Morgan fingerprint density at radius 3 is 1.83 bits per heavy atom. The molecule has 0 saturated heterocycles. The number of nitrogens with zero attached hydrogens (tertiary/aromatic N) is 1. The van der Waals surface area contributed by atoms with E-state index in [-0.39, 0.29) is 11.0 Å². The molecule has 12 heavy (non-hydrogen) atoms. The molecule has 0 radical (unpaired) electrons. The summed E-state index contributed by atoms with van der Waals surface area (Å²) in [7, 11) is 0. The maximum Gasteiger partial charge on any atom is 0.0545 e. The van der Waals surface area contributed by atoms with E-state index in [1.807, 2.05) is 0 Å². The molecule has 0 aliphatic rings. The van der Waals surface area contributed by atoms with Crippen LogP contribution in [0.1, 0.15) is 54.4 Å². The van der Waals surface area contributed by atoms with Gasteiger partial charge >= 0.3 is 0 Å². The van der Waals surface area contributed by atoms with Gasteiger partial charge in [0.15, 0.2) is 0 Å². The fourth-order valence-electron chi connectivity index (χ4n) is 0.532. The fourth-order valence-corrected chi connectivity index (χ4v) is 0.532. The lowest BCUT2D eigenvalue weighted by molar-refractivity contribution is 0.474. The smallest absolute Gasteiger partial charge is 0.0545 e. The highest BCUT2D eigenvalue weighted by atomic mass is 14.8. The summed E-state index contributed by atoms with van der Waals surface area (Å²) in [5, 5.41) is 0. The zero-order chi connectivity index (χ0) is 9.83. The normalized spacial score (nSPS) is 14.2. The van der Waals surface area contributed by atoms with Gasteiger partial charge in [0.25, 0.3) is 0 Å². The summed E-state index contributed by atoms with van der Waals surface area (Å²) in [6.07, 6.45) is 4.36. The summed E-state index contributed by atoms with van der Waals surface area (Å²) >= 11 is 0. The van der Waals surface area contributed by atoms with Crippen LogP contribution in [0.5, 0.6) is 0 Å². The van der Waals surface area contributed by atoms with E-state index in [1.54, 1.807) is 0 Å². The Morgan fingerprint density at radius 1 is 1.00 bits per heavy atom. The summed E-state index contributed by atoms with van der Waals surface area (Å²) in [6, 6.07) is 0. The van der Waals surface area contributed by atoms with Gasteiger partial charge in [-0.15, -0.1) is 0 Å². The monoisotopic (exact) mass is 169 g/mol. The molecule has 0 N–H and O–H groups in total. The molecule has 72 valence electrons. The minimum atomic E-state index is 0.118. The molecule has 1 heteroatoms. The van der Waals surface area contributed by atoms with E-state index in [9.17, 15) is 0 Å². The van der Waals surface area contributed by atoms with Crippen molar-refractivity contribution in [1.29, 1.82) is 0 Å². The molecule has 0 saturated carbocycles. The number of rotatable bonds is 4. The standard InChI is InChI=1S/C11H23N/c1-7-10(3,4)9-12-11(5,6)8-2/h9H,7-8H2,1-6H3. The van der Waals surface area contributed by atoms with Crippen LogP contribution in [0.25, 0.3) is 0 Å². The first kappa shape index (κ1) is 11.7. The zero-order valence-electron chi connectivity index (χ0n) is 9.44. The van der Waals surface area contributed by atoms with Gasteiger partial charge in [-0.2, -0.15) is 0 Å². The zero-order valence-corrected chi connectivity index (χ0v) is 9.44. The van der Waals surface area contributed by atoms with E-state index in [2.05, 4.69) is 52.7 Å². The maximum atomic E-state index is 4.59. The summed E-state index contributed by atoms with van der Waals surface area (Å²) < 4.78 is 0. The Hall–Kier alpha value is -0.330. The lowest BCUT2D eigenvalue weighted by Gasteiger charge is -2.21. The van der Waals surface area contributed by atoms with E-state index < -0.39 is 0 Å². The lowest BCUT2D eigenvalue weighted by Crippen LogP contribution is -2.19. The minimum absolute atomic E-state index is 0.118. The first-order chi connectivity index (χ1) is 5.33. The van der Waals surface area contributed by atoms with Gasteiger partial charge in [-0.05, 0) is 32.1 Å². The topological polar surface area (TPSA) is 12.4 Å². The van der Waals surface area contributed by atoms with E-state index in [0.717, 1.165) is 12.8 Å². The molecule has 0 spiro atoms. The van der Waals surface area contributed by atoms with Crippen LogP contribution < -0.4 is 0 Å². The average molecular weight is 169 g/mol. The molecule has 0 rings (SSSR count). The van der Waals surface area contributed by atoms with Crippen molar-refractivity contribution in [2.45, 2.75) is 59.9 Å². The van der Waals surface area contributed by atoms with Crippen molar-refractivity contribution >= 4 is 6.21 Å². The SMILES string of the molecule is CCC(C)(C)C=NC(C)(C)CC. The van der Waals surface area contributed by atoms with Crippen LogP contribution in [-0.2, 0) is 0 Å². The highest BCUT2D eigenvalue weighted by Gasteiger charge is 2.16. The van der Waals surface area contributed by atoms with Gasteiger partial charge in [0.1, 0.15) is 0 Å². The Labute approximate surface area is 77.3 Å². The third kappa shape index (κ3) is 4.53. The van der Waals surface area contributed by atoms with E-state index >= 15 is 0 Å². The van der Waals surface area contributed by atoms with Crippen molar-refractivity contribution in [3.63, 3.8) is 0 Å². The van der Waals surface area contributed by atoms with Crippen molar-refractivity contribution in [1.82, 2.24) is 0 Å². The molecule has 0 atom stereocenters. The van der Waals surface area contributed by atoms with E-state index in [0.29, 0.717) is 0 Å². The largest absolute Gasteiger partial charge is 0.291 e. The number of aliphatic imine (C=N–C) groups is 1. The highest BCUT2D eigenvalue weighted by molar-refractivity contribution is 5.65.